The first-order valence-corrected chi connectivity index (χ1v) is 10.7. The number of hydrogen-bond acceptors (Lipinski definition) is 6. The minimum atomic E-state index is 0.0681. The lowest BCUT2D eigenvalue weighted by molar-refractivity contribution is 0.0702. The van der Waals surface area contributed by atoms with Crippen molar-refractivity contribution in [3.63, 3.8) is 0 Å². The van der Waals surface area contributed by atoms with E-state index >= 15 is 0 Å². The summed E-state index contributed by atoms with van der Waals surface area (Å²) in [7, 11) is 1.67. The van der Waals surface area contributed by atoms with Crippen LogP contribution in [0.4, 0.5) is 0 Å². The molecule has 2 aromatic heterocycles. The van der Waals surface area contributed by atoms with Gasteiger partial charge in [-0.15, -0.1) is 11.3 Å². The second-order valence-corrected chi connectivity index (χ2v) is 8.59. The molecule has 3 heterocycles. The topological polar surface area (TPSA) is 68.5 Å². The number of rotatable bonds is 5. The second-order valence-electron chi connectivity index (χ2n) is 7.39. The average molecular weight is 412 g/mol. The minimum Gasteiger partial charge on any atom is -0.496 e. The monoisotopic (exact) mass is 411 g/mol. The Morgan fingerprint density at radius 2 is 2.17 bits per heavy atom. The summed E-state index contributed by atoms with van der Waals surface area (Å²) in [5.41, 5.74) is 1.88. The highest BCUT2D eigenvalue weighted by Gasteiger charge is 2.30. The Morgan fingerprint density at radius 3 is 2.93 bits per heavy atom. The van der Waals surface area contributed by atoms with E-state index in [4.69, 9.17) is 9.15 Å². The number of likely N-dealkylation sites (tertiary alicyclic amines) is 1. The number of thiazole rings is 1. The molecule has 6 nitrogen and oxygen atoms in total. The van der Waals surface area contributed by atoms with Gasteiger partial charge in [0, 0.05) is 25.1 Å². The van der Waals surface area contributed by atoms with Gasteiger partial charge in [-0.2, -0.15) is 0 Å². The van der Waals surface area contributed by atoms with Crippen LogP contribution in [0.3, 0.4) is 0 Å². The molecule has 4 rings (SSSR count). The fourth-order valence-corrected chi connectivity index (χ4v) is 4.75. The molecule has 0 saturated carbocycles. The summed E-state index contributed by atoms with van der Waals surface area (Å²) >= 11 is 1.47. The maximum Gasteiger partial charge on any atom is 0.265 e. The molecule has 1 saturated heterocycles. The molecule has 3 aromatic rings. The van der Waals surface area contributed by atoms with Gasteiger partial charge in [0.1, 0.15) is 16.4 Å². The molecule has 1 aromatic carbocycles. The zero-order valence-electron chi connectivity index (χ0n) is 17.0. The average Bonchev–Trinajstić information content (AvgIpc) is 3.34. The molecule has 1 aliphatic rings. The molecule has 1 aliphatic heterocycles. The van der Waals surface area contributed by atoms with Gasteiger partial charge in [0.2, 0.25) is 0 Å². The number of aromatic nitrogens is 2. The van der Waals surface area contributed by atoms with Crippen LogP contribution in [0, 0.1) is 13.8 Å². The molecule has 0 radical (unpaired) electrons. The lowest BCUT2D eigenvalue weighted by atomic mass is 9.98. The van der Waals surface area contributed by atoms with Crippen molar-refractivity contribution < 1.29 is 13.9 Å². The highest BCUT2D eigenvalue weighted by molar-refractivity contribution is 7.13. The molecule has 0 spiro atoms. The van der Waals surface area contributed by atoms with Crippen molar-refractivity contribution in [2.24, 2.45) is 0 Å². The van der Waals surface area contributed by atoms with Crippen LogP contribution < -0.4 is 4.74 Å². The predicted molar refractivity (Wildman–Crippen MR) is 112 cm³/mol. The molecule has 0 bridgehead atoms. The second kappa shape index (κ2) is 8.37. The minimum absolute atomic E-state index is 0.0681. The van der Waals surface area contributed by atoms with Gasteiger partial charge in [0.05, 0.1) is 29.9 Å². The number of amides is 1. The van der Waals surface area contributed by atoms with Crippen LogP contribution in [-0.4, -0.2) is 41.0 Å². The zero-order chi connectivity index (χ0) is 20.4. The number of nitrogens with zero attached hydrogens (tertiary/aromatic N) is 3. The van der Waals surface area contributed by atoms with Crippen molar-refractivity contribution in [1.29, 1.82) is 0 Å². The number of hydrogen-bond donors (Lipinski definition) is 0. The predicted octanol–water partition coefficient (Wildman–Crippen LogP) is 4.37. The lowest BCUT2D eigenvalue weighted by Gasteiger charge is -2.31. The van der Waals surface area contributed by atoms with Gasteiger partial charge in [0.25, 0.3) is 5.91 Å². The van der Waals surface area contributed by atoms with Crippen molar-refractivity contribution >= 4 is 17.2 Å². The quantitative estimate of drug-likeness (QED) is 0.624. The number of benzene rings is 1. The summed E-state index contributed by atoms with van der Waals surface area (Å²) in [5.74, 6) is 2.55. The van der Waals surface area contributed by atoms with E-state index in [-0.39, 0.29) is 11.8 Å². The van der Waals surface area contributed by atoms with E-state index in [2.05, 4.69) is 9.97 Å². The first-order valence-electron chi connectivity index (χ1n) is 9.85. The van der Waals surface area contributed by atoms with Crippen LogP contribution >= 0.6 is 11.3 Å². The van der Waals surface area contributed by atoms with E-state index < -0.39 is 0 Å². The van der Waals surface area contributed by atoms with Crippen LogP contribution in [0.1, 0.15) is 56.3 Å². The summed E-state index contributed by atoms with van der Waals surface area (Å²) in [6.07, 6.45) is 4.33. The molecule has 0 N–H and O–H groups in total. The molecule has 29 heavy (non-hydrogen) atoms. The van der Waals surface area contributed by atoms with Crippen LogP contribution in [-0.2, 0) is 6.42 Å². The molecule has 152 valence electrons. The molecular weight excluding hydrogens is 386 g/mol. The Hall–Kier alpha value is -2.67. The third-order valence-electron chi connectivity index (χ3n) is 5.28. The lowest BCUT2D eigenvalue weighted by Crippen LogP contribution is -2.39. The summed E-state index contributed by atoms with van der Waals surface area (Å²) in [6, 6.07) is 7.92. The summed E-state index contributed by atoms with van der Waals surface area (Å²) in [5, 5.41) is 0.924. The Balaban J connectivity index is 1.46. The maximum absolute atomic E-state index is 13.0. The standard InChI is InChI=1S/C22H25N3O3S/c1-14-20(29-15(2)24-14)22(26)25-10-6-8-17(13-25)21-23-12-18(28-21)11-16-7-4-5-9-19(16)27-3/h4-5,7,9,12,17H,6,8,10-11,13H2,1-3H3. The normalized spacial score (nSPS) is 16.8. The van der Waals surface area contributed by atoms with Gasteiger partial charge < -0.3 is 14.1 Å². The Morgan fingerprint density at radius 1 is 1.34 bits per heavy atom. The smallest absolute Gasteiger partial charge is 0.265 e. The molecular formula is C22H25N3O3S. The van der Waals surface area contributed by atoms with E-state index in [9.17, 15) is 4.79 Å². The van der Waals surface area contributed by atoms with Gasteiger partial charge >= 0.3 is 0 Å². The third-order valence-corrected chi connectivity index (χ3v) is 6.35. The molecule has 1 amide bonds. The van der Waals surface area contributed by atoms with E-state index in [1.165, 1.54) is 11.3 Å². The number of methoxy groups -OCH3 is 1. The van der Waals surface area contributed by atoms with Crippen molar-refractivity contribution in [1.82, 2.24) is 14.9 Å². The number of piperidine rings is 1. The number of aryl methyl sites for hydroxylation is 2. The van der Waals surface area contributed by atoms with E-state index in [0.29, 0.717) is 18.9 Å². The highest BCUT2D eigenvalue weighted by Crippen LogP contribution is 2.30. The summed E-state index contributed by atoms with van der Waals surface area (Å²) in [4.78, 5) is 24.5. The number of para-hydroxylation sites is 1. The molecule has 0 aliphatic carbocycles. The number of carbonyl (C=O) groups excluding carboxylic acids is 1. The van der Waals surface area contributed by atoms with E-state index in [1.54, 1.807) is 13.3 Å². The zero-order valence-corrected chi connectivity index (χ0v) is 17.8. The Labute approximate surface area is 174 Å². The number of ether oxygens (including phenoxy) is 1. The fraction of sp³-hybridized carbons (Fsp3) is 0.409. The van der Waals surface area contributed by atoms with Crippen LogP contribution in [0.15, 0.2) is 34.9 Å². The molecule has 7 heteroatoms. The van der Waals surface area contributed by atoms with Crippen LogP contribution in [0.5, 0.6) is 5.75 Å². The third kappa shape index (κ3) is 4.19. The first kappa shape index (κ1) is 19.6. The van der Waals surface area contributed by atoms with Crippen molar-refractivity contribution in [2.75, 3.05) is 20.2 Å². The molecule has 1 atom stereocenters. The van der Waals surface area contributed by atoms with Gasteiger partial charge in [-0.05, 0) is 32.8 Å². The maximum atomic E-state index is 13.0. The van der Waals surface area contributed by atoms with Crippen molar-refractivity contribution in [3.05, 3.63) is 63.3 Å². The van der Waals surface area contributed by atoms with E-state index in [1.807, 2.05) is 43.0 Å². The highest BCUT2D eigenvalue weighted by atomic mass is 32.1. The van der Waals surface area contributed by atoms with Gasteiger partial charge in [0.15, 0.2) is 5.89 Å². The largest absolute Gasteiger partial charge is 0.496 e. The van der Waals surface area contributed by atoms with E-state index in [0.717, 1.165) is 52.0 Å². The fourth-order valence-electron chi connectivity index (χ4n) is 3.87. The SMILES string of the molecule is COc1ccccc1Cc1cnc(C2CCCN(C(=O)c3sc(C)nc3C)C2)o1. The number of oxazole rings is 1. The van der Waals surface area contributed by atoms with Crippen molar-refractivity contribution in [3.8, 4) is 5.75 Å². The first-order chi connectivity index (χ1) is 14.0. The number of carbonyl (C=O) groups is 1. The Bertz CT molecular complexity index is 1010. The van der Waals surface area contributed by atoms with Crippen LogP contribution in [0.25, 0.3) is 0 Å². The van der Waals surface area contributed by atoms with Crippen molar-refractivity contribution in [2.45, 2.75) is 39.0 Å². The van der Waals surface area contributed by atoms with Gasteiger partial charge in [-0.25, -0.2) is 9.97 Å². The van der Waals surface area contributed by atoms with Crippen LogP contribution in [0.2, 0.25) is 0 Å². The van der Waals surface area contributed by atoms with Gasteiger partial charge in [-0.3, -0.25) is 4.79 Å². The molecule has 1 fully saturated rings. The summed E-state index contributed by atoms with van der Waals surface area (Å²) in [6.45, 7) is 5.23. The summed E-state index contributed by atoms with van der Waals surface area (Å²) < 4.78 is 11.5. The van der Waals surface area contributed by atoms with Gasteiger partial charge in [-0.1, -0.05) is 18.2 Å². The Kier molecular flexibility index (Phi) is 5.67. The molecule has 1 unspecified atom stereocenters.